The van der Waals surface area contributed by atoms with Crippen molar-refractivity contribution in [3.63, 3.8) is 0 Å². The number of anilines is 2. The van der Waals surface area contributed by atoms with E-state index in [1.807, 2.05) is 32.0 Å². The average Bonchev–Trinajstić information content (AvgIpc) is 2.61. The van der Waals surface area contributed by atoms with Gasteiger partial charge in [0.2, 0.25) is 0 Å². The fourth-order valence-corrected chi connectivity index (χ4v) is 2.34. The lowest BCUT2D eigenvalue weighted by molar-refractivity contribution is -0.118. The van der Waals surface area contributed by atoms with Gasteiger partial charge >= 0.3 is 6.03 Å². The molecular formula is C20H23N3O3. The fraction of sp³-hybridized carbons (Fsp3) is 0.200. The number of hydrogen-bond acceptors (Lipinski definition) is 3. The summed E-state index contributed by atoms with van der Waals surface area (Å²) in [7, 11) is 0. The first-order valence-corrected chi connectivity index (χ1v) is 8.24. The van der Waals surface area contributed by atoms with Crippen LogP contribution in [-0.2, 0) is 4.79 Å². The van der Waals surface area contributed by atoms with Crippen LogP contribution in [0.5, 0.6) is 5.75 Å². The van der Waals surface area contributed by atoms with Crippen molar-refractivity contribution in [2.24, 2.45) is 0 Å². The monoisotopic (exact) mass is 353 g/mol. The molecule has 6 nitrogen and oxygen atoms in total. The van der Waals surface area contributed by atoms with Gasteiger partial charge in [0.25, 0.3) is 5.91 Å². The quantitative estimate of drug-likeness (QED) is 0.665. The number of carbonyl (C=O) groups excluding carboxylic acids is 2. The molecule has 3 amide bonds. The summed E-state index contributed by atoms with van der Waals surface area (Å²) in [6.07, 6.45) is 1.60. The van der Waals surface area contributed by atoms with Gasteiger partial charge in [-0.25, -0.2) is 4.79 Å². The average molecular weight is 353 g/mol. The van der Waals surface area contributed by atoms with Gasteiger partial charge in [0.1, 0.15) is 5.75 Å². The predicted molar refractivity (Wildman–Crippen MR) is 104 cm³/mol. The molecule has 0 saturated carbocycles. The minimum absolute atomic E-state index is 0.0738. The van der Waals surface area contributed by atoms with E-state index in [1.165, 1.54) is 0 Å². The number of nitrogens with one attached hydrogen (secondary N) is 3. The molecule has 2 aromatic rings. The maximum atomic E-state index is 12.1. The Kier molecular flexibility index (Phi) is 6.79. The lowest BCUT2D eigenvalue weighted by Gasteiger charge is -2.12. The van der Waals surface area contributed by atoms with Gasteiger partial charge in [-0.2, -0.15) is 0 Å². The van der Waals surface area contributed by atoms with Crippen molar-refractivity contribution in [3.05, 3.63) is 66.2 Å². The molecular weight excluding hydrogens is 330 g/mol. The van der Waals surface area contributed by atoms with Crippen molar-refractivity contribution in [1.29, 1.82) is 0 Å². The largest absolute Gasteiger partial charge is 0.483 e. The Morgan fingerprint density at radius 2 is 1.58 bits per heavy atom. The summed E-state index contributed by atoms with van der Waals surface area (Å²) < 4.78 is 5.63. The molecule has 0 unspecified atom stereocenters. The molecule has 6 heteroatoms. The lowest BCUT2D eigenvalue weighted by Crippen LogP contribution is -2.28. The number of urea groups is 1. The van der Waals surface area contributed by atoms with Crippen molar-refractivity contribution in [2.75, 3.05) is 23.8 Å². The molecule has 0 atom stereocenters. The number of para-hydroxylation sites is 1. The van der Waals surface area contributed by atoms with Crippen LogP contribution in [0.15, 0.2) is 55.1 Å². The van der Waals surface area contributed by atoms with E-state index in [2.05, 4.69) is 22.5 Å². The molecule has 3 N–H and O–H groups in total. The Labute approximate surface area is 153 Å². The van der Waals surface area contributed by atoms with Gasteiger partial charge in [-0.15, -0.1) is 6.58 Å². The molecule has 2 rings (SSSR count). The zero-order valence-electron chi connectivity index (χ0n) is 15.0. The van der Waals surface area contributed by atoms with E-state index >= 15 is 0 Å². The molecule has 0 fully saturated rings. The van der Waals surface area contributed by atoms with Gasteiger partial charge in [-0.05, 0) is 49.2 Å². The molecule has 136 valence electrons. The number of ether oxygens (including phenoxy) is 1. The minimum atomic E-state index is -0.316. The van der Waals surface area contributed by atoms with Gasteiger partial charge in [0.05, 0.1) is 0 Å². The van der Waals surface area contributed by atoms with E-state index in [4.69, 9.17) is 4.74 Å². The number of rotatable bonds is 7. The van der Waals surface area contributed by atoms with E-state index in [-0.39, 0.29) is 18.5 Å². The molecule has 0 spiro atoms. The SMILES string of the molecule is C=CCNC(=O)Nc1ccc(NC(=O)COc2c(C)cccc2C)cc1. The first-order chi connectivity index (χ1) is 12.5. The topological polar surface area (TPSA) is 79.5 Å². The van der Waals surface area contributed by atoms with Crippen molar-refractivity contribution in [3.8, 4) is 5.75 Å². The third-order valence-electron chi connectivity index (χ3n) is 3.59. The molecule has 2 aromatic carbocycles. The second-order valence-corrected chi connectivity index (χ2v) is 5.76. The highest BCUT2D eigenvalue weighted by Gasteiger charge is 2.08. The Morgan fingerprint density at radius 3 is 2.15 bits per heavy atom. The molecule has 0 aliphatic rings. The molecule has 0 bridgehead atoms. The van der Waals surface area contributed by atoms with Gasteiger partial charge < -0.3 is 20.7 Å². The first kappa shape index (κ1) is 19.1. The van der Waals surface area contributed by atoms with Crippen LogP contribution < -0.4 is 20.7 Å². The fourth-order valence-electron chi connectivity index (χ4n) is 2.34. The number of amides is 3. The lowest BCUT2D eigenvalue weighted by atomic mass is 10.1. The second-order valence-electron chi connectivity index (χ2n) is 5.76. The van der Waals surface area contributed by atoms with Gasteiger partial charge in [-0.3, -0.25) is 4.79 Å². The third kappa shape index (κ3) is 5.66. The molecule has 0 aromatic heterocycles. The smallest absolute Gasteiger partial charge is 0.319 e. The highest BCUT2D eigenvalue weighted by molar-refractivity contribution is 5.93. The molecule has 0 aliphatic carbocycles. The van der Waals surface area contributed by atoms with Crippen molar-refractivity contribution in [1.82, 2.24) is 5.32 Å². The number of benzene rings is 2. The zero-order chi connectivity index (χ0) is 18.9. The summed E-state index contributed by atoms with van der Waals surface area (Å²) in [5, 5.41) is 8.06. The van der Waals surface area contributed by atoms with Crippen molar-refractivity contribution in [2.45, 2.75) is 13.8 Å². The Balaban J connectivity index is 1.85. The molecule has 0 saturated heterocycles. The van der Waals surface area contributed by atoms with Crippen molar-refractivity contribution >= 4 is 23.3 Å². The number of hydrogen-bond donors (Lipinski definition) is 3. The predicted octanol–water partition coefficient (Wildman–Crippen LogP) is 3.63. The summed E-state index contributed by atoms with van der Waals surface area (Å²) >= 11 is 0. The minimum Gasteiger partial charge on any atom is -0.483 e. The molecule has 26 heavy (non-hydrogen) atoms. The second kappa shape index (κ2) is 9.27. The van der Waals surface area contributed by atoms with E-state index < -0.39 is 0 Å². The van der Waals surface area contributed by atoms with Crippen LogP contribution in [-0.4, -0.2) is 25.1 Å². The highest BCUT2D eigenvalue weighted by atomic mass is 16.5. The van der Waals surface area contributed by atoms with E-state index in [0.717, 1.165) is 16.9 Å². The van der Waals surface area contributed by atoms with E-state index in [9.17, 15) is 9.59 Å². The number of aryl methyl sites for hydroxylation is 2. The summed E-state index contributed by atoms with van der Waals surface area (Å²) in [6.45, 7) is 7.73. The van der Waals surface area contributed by atoms with Gasteiger partial charge in [0.15, 0.2) is 6.61 Å². The maximum absolute atomic E-state index is 12.1. The Bertz CT molecular complexity index is 765. The van der Waals surface area contributed by atoms with E-state index in [1.54, 1.807) is 30.3 Å². The van der Waals surface area contributed by atoms with Crippen molar-refractivity contribution < 1.29 is 14.3 Å². The Hall–Kier alpha value is -3.28. The van der Waals surface area contributed by atoms with E-state index in [0.29, 0.717) is 17.9 Å². The molecule has 0 radical (unpaired) electrons. The van der Waals surface area contributed by atoms with Crippen LogP contribution in [0, 0.1) is 13.8 Å². The van der Waals surface area contributed by atoms with Crippen LogP contribution in [0.4, 0.5) is 16.2 Å². The zero-order valence-corrected chi connectivity index (χ0v) is 15.0. The summed E-state index contributed by atoms with van der Waals surface area (Å²) in [6, 6.07) is 12.3. The van der Waals surface area contributed by atoms with Crippen LogP contribution in [0.2, 0.25) is 0 Å². The van der Waals surface area contributed by atoms with Crippen LogP contribution >= 0.6 is 0 Å². The first-order valence-electron chi connectivity index (χ1n) is 8.24. The highest BCUT2D eigenvalue weighted by Crippen LogP contribution is 2.22. The van der Waals surface area contributed by atoms with Crippen LogP contribution in [0.25, 0.3) is 0 Å². The normalized spacial score (nSPS) is 9.92. The Morgan fingerprint density at radius 1 is 1.00 bits per heavy atom. The maximum Gasteiger partial charge on any atom is 0.319 e. The van der Waals surface area contributed by atoms with Gasteiger partial charge in [0, 0.05) is 17.9 Å². The molecule has 0 heterocycles. The van der Waals surface area contributed by atoms with Crippen LogP contribution in [0.3, 0.4) is 0 Å². The molecule has 0 aliphatic heterocycles. The van der Waals surface area contributed by atoms with Crippen LogP contribution in [0.1, 0.15) is 11.1 Å². The standard InChI is InChI=1S/C20H23N3O3/c1-4-12-21-20(25)23-17-10-8-16(9-11-17)22-18(24)13-26-19-14(2)6-5-7-15(19)3/h4-11H,1,12-13H2,2-3H3,(H,22,24)(H2,21,23,25). The number of carbonyl (C=O) groups is 2. The van der Waals surface area contributed by atoms with Gasteiger partial charge in [-0.1, -0.05) is 24.3 Å². The summed E-state index contributed by atoms with van der Waals surface area (Å²) in [5.41, 5.74) is 3.22. The summed E-state index contributed by atoms with van der Waals surface area (Å²) in [4.78, 5) is 23.6. The summed E-state index contributed by atoms with van der Waals surface area (Å²) in [5.74, 6) is 0.477. The third-order valence-corrected chi connectivity index (χ3v) is 3.59.